The molecule has 0 amide bonds. The zero-order chi connectivity index (χ0) is 11.9. The van der Waals surface area contributed by atoms with Crippen LogP contribution in [0.25, 0.3) is 0 Å². The van der Waals surface area contributed by atoms with E-state index in [0.29, 0.717) is 0 Å². The fourth-order valence-corrected chi connectivity index (χ4v) is 5.60. The standard InChI is InChI=1S/C12H26O3Si/c1-4-5-8-11-16(13-2,14-3)12-9-6-7-10-15-12/h12H,4-11H2,1-3H3. The van der Waals surface area contributed by atoms with Crippen molar-refractivity contribution < 1.29 is 13.6 Å². The van der Waals surface area contributed by atoms with Crippen LogP contribution in [0.15, 0.2) is 0 Å². The summed E-state index contributed by atoms with van der Waals surface area (Å²) < 4.78 is 17.4. The summed E-state index contributed by atoms with van der Waals surface area (Å²) in [6.07, 6.45) is 7.24. The van der Waals surface area contributed by atoms with Gasteiger partial charge in [-0.15, -0.1) is 0 Å². The van der Waals surface area contributed by atoms with Gasteiger partial charge in [-0.1, -0.05) is 26.2 Å². The Balaban J connectivity index is 2.54. The van der Waals surface area contributed by atoms with Crippen molar-refractivity contribution in [3.63, 3.8) is 0 Å². The third-order valence-electron chi connectivity index (χ3n) is 3.49. The van der Waals surface area contributed by atoms with E-state index in [2.05, 4.69) is 6.92 Å². The number of ether oxygens (including phenoxy) is 1. The van der Waals surface area contributed by atoms with Crippen LogP contribution in [0.1, 0.15) is 45.4 Å². The molecule has 0 radical (unpaired) electrons. The first-order valence-electron chi connectivity index (χ1n) is 6.51. The molecule has 1 rings (SSSR count). The van der Waals surface area contributed by atoms with E-state index in [9.17, 15) is 0 Å². The Morgan fingerprint density at radius 1 is 1.19 bits per heavy atom. The number of rotatable bonds is 7. The second-order valence-corrected chi connectivity index (χ2v) is 8.12. The smallest absolute Gasteiger partial charge is 0.367 e. The highest BCUT2D eigenvalue weighted by atomic mass is 28.4. The van der Waals surface area contributed by atoms with Crippen LogP contribution in [0.4, 0.5) is 0 Å². The Labute approximate surface area is 101 Å². The molecule has 0 N–H and O–H groups in total. The predicted octanol–water partition coefficient (Wildman–Crippen LogP) is 3.02. The van der Waals surface area contributed by atoms with Crippen molar-refractivity contribution in [2.75, 3.05) is 20.8 Å². The molecular formula is C12H26O3Si. The summed E-state index contributed by atoms with van der Waals surface area (Å²) >= 11 is 0. The van der Waals surface area contributed by atoms with Crippen molar-refractivity contribution in [1.29, 1.82) is 0 Å². The Morgan fingerprint density at radius 3 is 2.44 bits per heavy atom. The zero-order valence-electron chi connectivity index (χ0n) is 11.0. The maximum atomic E-state index is 5.87. The molecule has 16 heavy (non-hydrogen) atoms. The molecular weight excluding hydrogens is 220 g/mol. The van der Waals surface area contributed by atoms with E-state index in [4.69, 9.17) is 13.6 Å². The summed E-state index contributed by atoms with van der Waals surface area (Å²) in [7, 11) is 1.48. The van der Waals surface area contributed by atoms with E-state index in [1.807, 2.05) is 0 Å². The lowest BCUT2D eigenvalue weighted by atomic mass is 10.2. The van der Waals surface area contributed by atoms with Gasteiger partial charge in [-0.25, -0.2) is 0 Å². The lowest BCUT2D eigenvalue weighted by Gasteiger charge is -2.37. The van der Waals surface area contributed by atoms with Crippen LogP contribution < -0.4 is 0 Å². The molecule has 0 aromatic rings. The van der Waals surface area contributed by atoms with Gasteiger partial charge in [0, 0.05) is 20.8 Å². The minimum Gasteiger partial charge on any atom is -0.396 e. The number of unbranched alkanes of at least 4 members (excludes halogenated alkanes) is 2. The maximum Gasteiger partial charge on any atom is 0.367 e. The van der Waals surface area contributed by atoms with E-state index in [-0.39, 0.29) is 5.73 Å². The van der Waals surface area contributed by atoms with Gasteiger partial charge >= 0.3 is 8.56 Å². The summed E-state index contributed by atoms with van der Waals surface area (Å²) in [5.41, 5.74) is 0.244. The Hall–Kier alpha value is 0.0969. The molecule has 1 atom stereocenters. The molecule has 1 fully saturated rings. The maximum absolute atomic E-state index is 5.87. The second kappa shape index (κ2) is 7.43. The normalized spacial score (nSPS) is 22.3. The van der Waals surface area contributed by atoms with Crippen LogP contribution in [0.3, 0.4) is 0 Å². The molecule has 4 heteroatoms. The Kier molecular flexibility index (Phi) is 6.57. The van der Waals surface area contributed by atoms with Gasteiger partial charge in [-0.2, -0.15) is 0 Å². The van der Waals surface area contributed by atoms with Gasteiger partial charge in [0.15, 0.2) is 0 Å². The molecule has 1 aliphatic rings. The first-order valence-corrected chi connectivity index (χ1v) is 8.61. The third-order valence-corrected chi connectivity index (χ3v) is 7.36. The SMILES string of the molecule is CCCCC[Si](OC)(OC)C1CCCCO1. The van der Waals surface area contributed by atoms with Gasteiger partial charge in [0.05, 0.1) is 0 Å². The van der Waals surface area contributed by atoms with Crippen LogP contribution in [0, 0.1) is 0 Å². The fourth-order valence-electron chi connectivity index (χ4n) is 2.42. The highest BCUT2D eigenvalue weighted by molar-refractivity contribution is 6.68. The van der Waals surface area contributed by atoms with Gasteiger partial charge in [0.25, 0.3) is 0 Å². The monoisotopic (exact) mass is 246 g/mol. The minimum absolute atomic E-state index is 0.244. The molecule has 1 heterocycles. The Bertz CT molecular complexity index is 177. The quantitative estimate of drug-likeness (QED) is 0.510. The highest BCUT2D eigenvalue weighted by Gasteiger charge is 2.45. The molecule has 0 aromatic carbocycles. The lowest BCUT2D eigenvalue weighted by molar-refractivity contribution is 0.0255. The van der Waals surface area contributed by atoms with Gasteiger partial charge in [0.2, 0.25) is 0 Å². The van der Waals surface area contributed by atoms with E-state index in [1.165, 1.54) is 32.1 Å². The molecule has 0 spiro atoms. The van der Waals surface area contributed by atoms with E-state index < -0.39 is 8.56 Å². The van der Waals surface area contributed by atoms with Crippen molar-refractivity contribution >= 4 is 8.56 Å². The second-order valence-electron chi connectivity index (χ2n) is 4.53. The first kappa shape index (κ1) is 14.2. The zero-order valence-corrected chi connectivity index (χ0v) is 12.0. The first-order chi connectivity index (χ1) is 7.79. The number of hydrogen-bond acceptors (Lipinski definition) is 3. The van der Waals surface area contributed by atoms with Crippen LogP contribution in [-0.4, -0.2) is 35.1 Å². The summed E-state index contributed by atoms with van der Waals surface area (Å²) in [5.74, 6) is 0. The van der Waals surface area contributed by atoms with E-state index in [1.54, 1.807) is 14.2 Å². The summed E-state index contributed by atoms with van der Waals surface area (Å²) in [4.78, 5) is 0. The third kappa shape index (κ3) is 3.55. The summed E-state index contributed by atoms with van der Waals surface area (Å²) in [6.45, 7) is 3.10. The van der Waals surface area contributed by atoms with Crippen LogP contribution in [0.5, 0.6) is 0 Å². The predicted molar refractivity (Wildman–Crippen MR) is 67.7 cm³/mol. The topological polar surface area (TPSA) is 27.7 Å². The lowest BCUT2D eigenvalue weighted by Crippen LogP contribution is -2.54. The van der Waals surface area contributed by atoms with E-state index in [0.717, 1.165) is 19.1 Å². The molecule has 3 nitrogen and oxygen atoms in total. The Morgan fingerprint density at radius 2 is 1.94 bits per heavy atom. The number of hydrogen-bond donors (Lipinski definition) is 0. The van der Waals surface area contributed by atoms with Crippen molar-refractivity contribution in [3.05, 3.63) is 0 Å². The van der Waals surface area contributed by atoms with Crippen LogP contribution >= 0.6 is 0 Å². The van der Waals surface area contributed by atoms with Gasteiger partial charge in [0.1, 0.15) is 5.73 Å². The van der Waals surface area contributed by atoms with Gasteiger partial charge in [-0.05, 0) is 25.3 Å². The van der Waals surface area contributed by atoms with Crippen molar-refractivity contribution in [1.82, 2.24) is 0 Å². The molecule has 1 aliphatic heterocycles. The average molecular weight is 246 g/mol. The largest absolute Gasteiger partial charge is 0.396 e. The molecule has 0 aromatic heterocycles. The van der Waals surface area contributed by atoms with Crippen molar-refractivity contribution in [2.45, 2.75) is 57.2 Å². The highest BCUT2D eigenvalue weighted by Crippen LogP contribution is 2.28. The molecule has 96 valence electrons. The molecule has 1 unspecified atom stereocenters. The average Bonchev–Trinajstić information content (AvgIpc) is 2.36. The van der Waals surface area contributed by atoms with Gasteiger partial charge < -0.3 is 13.6 Å². The van der Waals surface area contributed by atoms with E-state index >= 15 is 0 Å². The van der Waals surface area contributed by atoms with Crippen LogP contribution in [0.2, 0.25) is 6.04 Å². The molecule has 0 saturated carbocycles. The molecule has 0 aliphatic carbocycles. The minimum atomic E-state index is -2.10. The van der Waals surface area contributed by atoms with Crippen molar-refractivity contribution in [2.24, 2.45) is 0 Å². The van der Waals surface area contributed by atoms with Crippen LogP contribution in [-0.2, 0) is 13.6 Å². The van der Waals surface area contributed by atoms with Crippen molar-refractivity contribution in [3.8, 4) is 0 Å². The van der Waals surface area contributed by atoms with Gasteiger partial charge in [-0.3, -0.25) is 0 Å². The molecule has 1 saturated heterocycles. The summed E-state index contributed by atoms with van der Waals surface area (Å²) in [6, 6.07) is 1.07. The summed E-state index contributed by atoms with van der Waals surface area (Å²) in [5, 5.41) is 0. The molecule has 0 bridgehead atoms. The fraction of sp³-hybridized carbons (Fsp3) is 1.00.